The Morgan fingerprint density at radius 2 is 0.619 bits per heavy atom. The first-order valence-corrected chi connectivity index (χ1v) is 20.2. The summed E-state index contributed by atoms with van der Waals surface area (Å²) >= 11 is 0. The molecule has 9 nitrogen and oxygen atoms in total. The first-order chi connectivity index (χ1) is 31.0. The number of nitrogens with zero attached hydrogens (tertiary/aromatic N) is 6. The second-order valence-electron chi connectivity index (χ2n) is 15.0. The van der Waals surface area contributed by atoms with Crippen molar-refractivity contribution in [2.45, 2.75) is 0 Å². The van der Waals surface area contributed by atoms with Gasteiger partial charge in [0.1, 0.15) is 39.5 Å². The molecule has 0 fully saturated rings. The zero-order chi connectivity index (χ0) is 43.2. The molecule has 0 amide bonds. The van der Waals surface area contributed by atoms with Crippen molar-refractivity contribution in [1.82, 2.24) is 14.2 Å². The van der Waals surface area contributed by atoms with Gasteiger partial charge in [-0.3, -0.25) is 0 Å². The molecule has 3 aromatic heterocycles. The van der Waals surface area contributed by atoms with E-state index in [1.807, 2.05) is 109 Å². The maximum Gasteiger partial charge on any atom is 0.104 e. The fourth-order valence-electron chi connectivity index (χ4n) is 8.98. The van der Waals surface area contributed by atoms with E-state index in [4.69, 9.17) is 14.5 Å². The molecule has 7 aromatic carbocycles. The fraction of sp³-hybridized carbons (Fsp3) is 0.0556. The predicted molar refractivity (Wildman–Crippen MR) is 253 cm³/mol. The molecule has 0 aliphatic carbocycles. The van der Waals surface area contributed by atoms with Gasteiger partial charge in [-0.1, -0.05) is 109 Å². The first-order valence-electron chi connectivity index (χ1n) is 20.2. The van der Waals surface area contributed by atoms with Gasteiger partial charge in [-0.25, -0.2) is 0 Å². The van der Waals surface area contributed by atoms with Gasteiger partial charge in [-0.2, -0.15) is 30.0 Å². The predicted octanol–water partition coefficient (Wildman–Crippen LogP) is 11.3. The van der Waals surface area contributed by atoms with Gasteiger partial charge in [0.2, 0.25) is 0 Å². The van der Waals surface area contributed by atoms with E-state index >= 15 is 0 Å². The molecule has 300 valence electrons. The Labute approximate surface area is 362 Å². The number of benzene rings is 7. The quantitative estimate of drug-likeness (QED) is 0.134. The third-order valence-corrected chi connectivity index (χ3v) is 11.8. The molecule has 0 atom stereocenters. The highest BCUT2D eigenvalue weighted by molar-refractivity contribution is 6.11. The van der Waals surface area contributed by atoms with Crippen molar-refractivity contribution in [2.75, 3.05) is 21.3 Å². The lowest BCUT2D eigenvalue weighted by Crippen LogP contribution is -2.04. The number of fused-ring (bicyclic) bond motifs is 9. The molecule has 10 rings (SSSR count). The van der Waals surface area contributed by atoms with E-state index in [1.165, 1.54) is 0 Å². The van der Waals surface area contributed by atoms with Crippen molar-refractivity contribution in [2.24, 2.45) is 0 Å². The van der Waals surface area contributed by atoms with Crippen LogP contribution in [0.1, 0.15) is 50.1 Å². The molecule has 0 bridgehead atoms. The van der Waals surface area contributed by atoms with E-state index in [9.17, 15) is 15.8 Å². The van der Waals surface area contributed by atoms with Gasteiger partial charge in [0.15, 0.2) is 0 Å². The average molecular weight is 817 g/mol. The Morgan fingerprint density at radius 1 is 0.349 bits per heavy atom. The van der Waals surface area contributed by atoms with Gasteiger partial charge in [-0.15, -0.1) is 0 Å². The highest BCUT2D eigenvalue weighted by atomic mass is 16.7. The molecule has 0 unspecified atom stereocenters. The van der Waals surface area contributed by atoms with Crippen molar-refractivity contribution < 1.29 is 14.5 Å². The van der Waals surface area contributed by atoms with Crippen LogP contribution in [0.3, 0.4) is 0 Å². The monoisotopic (exact) mass is 816 g/mol. The van der Waals surface area contributed by atoms with Gasteiger partial charge in [0, 0.05) is 49.0 Å². The zero-order valence-electron chi connectivity index (χ0n) is 34.5. The van der Waals surface area contributed by atoms with Crippen LogP contribution >= 0.6 is 0 Å². The Bertz CT molecular complexity index is 3330. The Kier molecular flexibility index (Phi) is 9.45. The van der Waals surface area contributed by atoms with E-state index in [0.29, 0.717) is 16.7 Å². The van der Waals surface area contributed by atoms with Crippen molar-refractivity contribution >= 4 is 102 Å². The number of nitriles is 3. The highest BCUT2D eigenvalue weighted by Gasteiger charge is 2.22. The van der Waals surface area contributed by atoms with Crippen molar-refractivity contribution in [1.29, 1.82) is 15.8 Å². The van der Waals surface area contributed by atoms with Crippen molar-refractivity contribution in [3.05, 3.63) is 177 Å². The smallest absolute Gasteiger partial charge is 0.104 e. The van der Waals surface area contributed by atoms with E-state index < -0.39 is 0 Å². The molecule has 63 heavy (non-hydrogen) atoms. The van der Waals surface area contributed by atoms with E-state index in [-0.39, 0.29) is 16.7 Å². The van der Waals surface area contributed by atoms with Crippen LogP contribution < -0.4 is 14.5 Å². The second-order valence-corrected chi connectivity index (χ2v) is 15.0. The van der Waals surface area contributed by atoms with Crippen LogP contribution in [0.4, 0.5) is 0 Å². The molecule has 10 aromatic rings. The summed E-state index contributed by atoms with van der Waals surface area (Å²) in [6.45, 7) is 0. The summed E-state index contributed by atoms with van der Waals surface area (Å²) in [6.07, 6.45) is 11.1. The van der Waals surface area contributed by atoms with Crippen LogP contribution in [0.15, 0.2) is 127 Å². The minimum atomic E-state index is 0.218. The molecule has 9 heteroatoms. The molecule has 0 aliphatic rings. The minimum Gasteiger partial charge on any atom is -0.417 e. The van der Waals surface area contributed by atoms with Crippen LogP contribution in [-0.4, -0.2) is 35.5 Å². The van der Waals surface area contributed by atoms with Gasteiger partial charge in [0.25, 0.3) is 0 Å². The topological polar surface area (TPSA) is 114 Å². The van der Waals surface area contributed by atoms with Gasteiger partial charge in [0.05, 0.1) is 49.8 Å². The van der Waals surface area contributed by atoms with Crippen LogP contribution in [0.5, 0.6) is 0 Å². The van der Waals surface area contributed by atoms with Gasteiger partial charge in [-0.05, 0) is 71.3 Å². The summed E-state index contributed by atoms with van der Waals surface area (Å²) in [4.78, 5) is 17.2. The summed E-state index contributed by atoms with van der Waals surface area (Å²) in [5.74, 6) is 0. The molecular formula is C54H36N6O3. The minimum absolute atomic E-state index is 0.218. The lowest BCUT2D eigenvalue weighted by molar-refractivity contribution is 0.190. The fourth-order valence-corrected chi connectivity index (χ4v) is 8.98. The largest absolute Gasteiger partial charge is 0.417 e. The van der Waals surface area contributed by atoms with Crippen LogP contribution in [-0.2, 0) is 0 Å². The van der Waals surface area contributed by atoms with E-state index in [1.54, 1.807) is 53.7 Å². The highest BCUT2D eigenvalue weighted by Crippen LogP contribution is 2.36. The number of para-hydroxylation sites is 3. The van der Waals surface area contributed by atoms with E-state index in [0.717, 1.165) is 82.1 Å². The Balaban J connectivity index is 1.15. The Hall–Kier alpha value is -8.97. The average Bonchev–Trinajstić information content (AvgIpc) is 3.95. The zero-order valence-corrected chi connectivity index (χ0v) is 34.5. The normalized spacial score (nSPS) is 11.8. The standard InChI is InChI=1S/C54H36N6O3/c1-61-58-49-13-7-4-10-40(49)43-28-34(19-25-52(43)58)16-22-37-46(31-55)38(23-17-35-20-26-53-44(29-35)41-11-5-8-14-50(41)59(53)62-2)48(33-57)39(47(37)32-56)24-18-36-21-27-54-45(30-36)42-12-6-9-15-51(42)60(54)63-3/h4-30H,1-3H3/b22-16+,23-17+,24-18+. The number of hydrogen-bond donors (Lipinski definition) is 0. The molecule has 0 spiro atoms. The maximum absolute atomic E-state index is 10.9. The van der Waals surface area contributed by atoms with E-state index in [2.05, 4.69) is 54.6 Å². The molecule has 0 N–H and O–H groups in total. The number of hydrogen-bond acceptors (Lipinski definition) is 6. The lowest BCUT2D eigenvalue weighted by Gasteiger charge is -2.13. The van der Waals surface area contributed by atoms with Crippen LogP contribution in [0, 0.1) is 34.0 Å². The first kappa shape index (κ1) is 38.2. The summed E-state index contributed by atoms with van der Waals surface area (Å²) in [5, 5.41) is 38.9. The Morgan fingerprint density at radius 3 is 0.889 bits per heavy atom. The maximum atomic E-state index is 10.9. The molecule has 0 aliphatic heterocycles. The van der Waals surface area contributed by atoms with Gasteiger partial charge >= 0.3 is 0 Å². The molecule has 0 saturated carbocycles. The summed E-state index contributed by atoms with van der Waals surface area (Å²) in [7, 11) is 4.93. The lowest BCUT2D eigenvalue weighted by atomic mass is 9.86. The summed E-state index contributed by atoms with van der Waals surface area (Å²) in [5.41, 5.74) is 10.1. The van der Waals surface area contributed by atoms with Gasteiger partial charge < -0.3 is 14.5 Å². The molecular weight excluding hydrogens is 781 g/mol. The van der Waals surface area contributed by atoms with Crippen LogP contribution in [0.2, 0.25) is 0 Å². The third kappa shape index (κ3) is 6.14. The molecule has 3 heterocycles. The number of aromatic nitrogens is 3. The molecule has 0 saturated heterocycles. The summed E-state index contributed by atoms with van der Waals surface area (Å²) < 4.78 is 5.41. The number of rotatable bonds is 9. The second kappa shape index (κ2) is 15.6. The SMILES string of the molecule is COn1c2ccccc2c2cc(/C=C/c3c(C#N)c(/C=C/c4ccc5c(c4)c4ccccc4n5OC)c(C#N)c(/C=C/c4ccc5c(c4)c4ccccc4n5OC)c3C#N)ccc21. The van der Waals surface area contributed by atoms with Crippen LogP contribution in [0.25, 0.3) is 102 Å². The molecule has 0 radical (unpaired) electrons. The van der Waals surface area contributed by atoms with Crippen molar-refractivity contribution in [3.8, 4) is 18.2 Å². The van der Waals surface area contributed by atoms with Crippen molar-refractivity contribution in [3.63, 3.8) is 0 Å². The third-order valence-electron chi connectivity index (χ3n) is 11.8. The summed E-state index contributed by atoms with van der Waals surface area (Å²) in [6, 6.07) is 49.4.